The Morgan fingerprint density at radius 3 is 2.21 bits per heavy atom. The second-order valence-corrected chi connectivity index (χ2v) is 15.7. The first kappa shape index (κ1) is 41.2. The molecule has 0 saturated carbocycles. The Hall–Kier alpha value is -5.47. The molecule has 0 aromatic heterocycles. The summed E-state index contributed by atoms with van der Waals surface area (Å²) >= 11 is 0. The predicted octanol–water partition coefficient (Wildman–Crippen LogP) is 2.53. The Kier molecular flexibility index (Phi) is 13.5. The minimum Gasteiger partial charge on any atom is -0.461 e. The molecular formula is C42H55N7O8. The van der Waals surface area contributed by atoms with E-state index >= 15 is 0 Å². The number of cyclic esters (lactones) is 1. The van der Waals surface area contributed by atoms with Gasteiger partial charge < -0.3 is 40.7 Å². The summed E-state index contributed by atoms with van der Waals surface area (Å²) in [5.41, 5.74) is 2.31. The quantitative estimate of drug-likeness (QED) is 0.309. The first-order valence-corrected chi connectivity index (χ1v) is 20.3. The molecule has 7 amide bonds. The van der Waals surface area contributed by atoms with Crippen LogP contribution in [0.1, 0.15) is 76.8 Å². The SMILES string of the molecule is CCc1cccc(NC(=O)N[C@@H](Cc2ccccc2)C(=O)N[C@H]2COC(=O)[C@@H]3C[C@@H](C)CN3C(=O)[C@H](C)NC(=O)[C@@H]3CCCCN3C(=O)[C@@H]3CCCCN3C2=O)c1. The lowest BCUT2D eigenvalue weighted by atomic mass is 9.95. The van der Waals surface area contributed by atoms with E-state index in [4.69, 9.17) is 4.74 Å². The van der Waals surface area contributed by atoms with Crippen LogP contribution in [0.4, 0.5) is 10.5 Å². The Labute approximate surface area is 333 Å². The summed E-state index contributed by atoms with van der Waals surface area (Å²) in [6.07, 6.45) is 4.57. The second kappa shape index (κ2) is 18.6. The topological polar surface area (TPSA) is 187 Å². The van der Waals surface area contributed by atoms with Gasteiger partial charge in [-0.25, -0.2) is 9.59 Å². The molecule has 15 nitrogen and oxygen atoms in total. The number of amides is 7. The van der Waals surface area contributed by atoms with E-state index in [0.29, 0.717) is 57.2 Å². The third kappa shape index (κ3) is 9.92. The van der Waals surface area contributed by atoms with Crippen LogP contribution in [0, 0.1) is 5.92 Å². The van der Waals surface area contributed by atoms with Gasteiger partial charge in [-0.1, -0.05) is 56.3 Å². The lowest BCUT2D eigenvalue weighted by Crippen LogP contribution is -2.63. The van der Waals surface area contributed by atoms with Gasteiger partial charge in [-0.15, -0.1) is 0 Å². The van der Waals surface area contributed by atoms with Gasteiger partial charge in [0.05, 0.1) is 0 Å². The zero-order valence-electron chi connectivity index (χ0n) is 33.0. The molecule has 57 heavy (non-hydrogen) atoms. The average molecular weight is 786 g/mol. The zero-order valence-corrected chi connectivity index (χ0v) is 33.0. The molecule has 306 valence electrons. The van der Waals surface area contributed by atoms with E-state index in [0.717, 1.165) is 17.5 Å². The van der Waals surface area contributed by atoms with Gasteiger partial charge in [0.1, 0.15) is 42.9 Å². The summed E-state index contributed by atoms with van der Waals surface area (Å²) in [4.78, 5) is 102. The Morgan fingerprint density at radius 2 is 1.49 bits per heavy atom. The number of hydrogen-bond donors (Lipinski definition) is 4. The molecule has 4 heterocycles. The van der Waals surface area contributed by atoms with Gasteiger partial charge in [-0.3, -0.25) is 24.0 Å². The number of fused-ring (bicyclic) bond motifs is 3. The number of benzene rings is 2. The van der Waals surface area contributed by atoms with Gasteiger partial charge in [0.15, 0.2) is 0 Å². The molecule has 2 aromatic carbocycles. The van der Waals surface area contributed by atoms with Crippen LogP contribution >= 0.6 is 0 Å². The van der Waals surface area contributed by atoms with Crippen molar-refractivity contribution >= 4 is 47.2 Å². The van der Waals surface area contributed by atoms with Crippen molar-refractivity contribution in [2.45, 2.75) is 115 Å². The van der Waals surface area contributed by atoms with Crippen LogP contribution in [0.2, 0.25) is 0 Å². The third-order valence-corrected chi connectivity index (χ3v) is 11.5. The molecule has 0 spiro atoms. The number of hydrogen-bond acceptors (Lipinski definition) is 8. The number of nitrogens with one attached hydrogen (secondary N) is 4. The van der Waals surface area contributed by atoms with Gasteiger partial charge in [0.2, 0.25) is 29.5 Å². The Balaban J connectivity index is 1.31. The molecule has 4 N–H and O–H groups in total. The summed E-state index contributed by atoms with van der Waals surface area (Å²) in [5, 5.41) is 11.1. The van der Waals surface area contributed by atoms with E-state index in [1.54, 1.807) is 13.0 Å². The lowest BCUT2D eigenvalue weighted by molar-refractivity contribution is -0.160. The average Bonchev–Trinajstić information content (AvgIpc) is 3.62. The largest absolute Gasteiger partial charge is 0.461 e. The van der Waals surface area contributed by atoms with E-state index in [1.165, 1.54) is 14.7 Å². The summed E-state index contributed by atoms with van der Waals surface area (Å²) < 4.78 is 5.79. The van der Waals surface area contributed by atoms with Crippen LogP contribution in [-0.4, -0.2) is 119 Å². The van der Waals surface area contributed by atoms with Gasteiger partial charge in [0, 0.05) is 31.7 Å². The molecule has 2 aromatic rings. The minimum atomic E-state index is -1.44. The minimum absolute atomic E-state index is 0.0467. The number of ether oxygens (including phenoxy) is 1. The van der Waals surface area contributed by atoms with E-state index < -0.39 is 78.5 Å². The van der Waals surface area contributed by atoms with Crippen molar-refractivity contribution in [1.29, 1.82) is 0 Å². The van der Waals surface area contributed by atoms with Crippen LogP contribution in [0.25, 0.3) is 0 Å². The molecule has 4 fully saturated rings. The molecule has 0 aliphatic carbocycles. The number of piperidine rings is 2. The first-order chi connectivity index (χ1) is 27.4. The number of rotatable bonds is 7. The van der Waals surface area contributed by atoms with Crippen LogP contribution in [0.15, 0.2) is 54.6 Å². The molecule has 0 unspecified atom stereocenters. The number of carbonyl (C=O) groups is 7. The summed E-state index contributed by atoms with van der Waals surface area (Å²) in [6.45, 7) is 5.70. The Morgan fingerprint density at radius 1 is 0.807 bits per heavy atom. The normalized spacial score (nSPS) is 26.6. The molecule has 4 aliphatic heterocycles. The summed E-state index contributed by atoms with van der Waals surface area (Å²) in [5.74, 6) is -3.41. The van der Waals surface area contributed by atoms with E-state index in [-0.39, 0.29) is 31.3 Å². The van der Waals surface area contributed by atoms with Crippen molar-refractivity contribution in [3.63, 3.8) is 0 Å². The predicted molar refractivity (Wildman–Crippen MR) is 210 cm³/mol. The van der Waals surface area contributed by atoms with Gasteiger partial charge in [-0.2, -0.15) is 0 Å². The van der Waals surface area contributed by atoms with E-state index in [2.05, 4.69) is 21.3 Å². The maximum absolute atomic E-state index is 14.7. The van der Waals surface area contributed by atoms with Crippen molar-refractivity contribution in [1.82, 2.24) is 30.7 Å². The third-order valence-electron chi connectivity index (χ3n) is 11.5. The van der Waals surface area contributed by atoms with E-state index in [1.807, 2.05) is 62.4 Å². The molecule has 4 saturated heterocycles. The standard InChI is InChI=1S/C42H55N7O8/c1-4-28-15-12-16-30(22-28)44-42(56)46-31(23-29-13-6-5-7-14-29)36(50)45-32-25-57-41(55)35-21-26(2)24-49(35)38(52)27(3)43-37(51)33-17-8-10-19-47(33)40(54)34-18-9-11-20-48(34)39(32)53/h5-7,12-16,22,26-27,31-35H,4,8-11,17-21,23-25H2,1-3H3,(H,43,51)(H,45,50)(H2,44,46,56)/t26-,27+,31+,32+,33+,34+,35+/m1/s1. The molecule has 7 atom stereocenters. The zero-order chi connectivity index (χ0) is 40.6. The number of anilines is 1. The number of nitrogens with zero attached hydrogens (tertiary/aromatic N) is 3. The van der Waals surface area contributed by atoms with Gasteiger partial charge in [-0.05, 0) is 87.5 Å². The number of carbonyl (C=O) groups excluding carboxylic acids is 7. The molecule has 15 heteroatoms. The molecule has 4 aliphatic rings. The highest BCUT2D eigenvalue weighted by Crippen LogP contribution is 2.28. The molecule has 0 bridgehead atoms. The second-order valence-electron chi connectivity index (χ2n) is 15.7. The maximum Gasteiger partial charge on any atom is 0.328 e. The van der Waals surface area contributed by atoms with Crippen LogP contribution in [-0.2, 0) is 46.3 Å². The highest BCUT2D eigenvalue weighted by atomic mass is 16.5. The van der Waals surface area contributed by atoms with Crippen LogP contribution in [0.3, 0.4) is 0 Å². The number of aryl methyl sites for hydroxylation is 1. The van der Waals surface area contributed by atoms with Gasteiger partial charge in [0.25, 0.3) is 0 Å². The molecular weight excluding hydrogens is 731 g/mol. The van der Waals surface area contributed by atoms with Crippen molar-refractivity contribution in [2.75, 3.05) is 31.6 Å². The summed E-state index contributed by atoms with van der Waals surface area (Å²) in [7, 11) is 0. The first-order valence-electron chi connectivity index (χ1n) is 20.3. The highest BCUT2D eigenvalue weighted by molar-refractivity contribution is 5.98. The fraction of sp³-hybridized carbons (Fsp3) is 0.548. The smallest absolute Gasteiger partial charge is 0.328 e. The number of esters is 1. The lowest BCUT2D eigenvalue weighted by Gasteiger charge is -2.42. The Bertz CT molecular complexity index is 1820. The van der Waals surface area contributed by atoms with Crippen molar-refractivity contribution in [2.24, 2.45) is 5.92 Å². The summed E-state index contributed by atoms with van der Waals surface area (Å²) in [6, 6.07) is 9.53. The fourth-order valence-corrected chi connectivity index (χ4v) is 8.41. The van der Waals surface area contributed by atoms with Gasteiger partial charge >= 0.3 is 12.0 Å². The van der Waals surface area contributed by atoms with Crippen LogP contribution < -0.4 is 21.3 Å². The van der Waals surface area contributed by atoms with Crippen molar-refractivity contribution < 1.29 is 38.3 Å². The molecule has 6 rings (SSSR count). The maximum atomic E-state index is 14.7. The fourth-order valence-electron chi connectivity index (χ4n) is 8.41. The monoisotopic (exact) mass is 785 g/mol. The van der Waals surface area contributed by atoms with Crippen LogP contribution in [0.5, 0.6) is 0 Å². The molecule has 0 radical (unpaired) electrons. The van der Waals surface area contributed by atoms with Crippen molar-refractivity contribution in [3.8, 4) is 0 Å². The number of urea groups is 1. The highest BCUT2D eigenvalue weighted by Gasteiger charge is 2.45. The van der Waals surface area contributed by atoms with E-state index in [9.17, 15) is 33.6 Å². The van der Waals surface area contributed by atoms with Crippen molar-refractivity contribution in [3.05, 3.63) is 65.7 Å².